The second kappa shape index (κ2) is 6.15. The average molecular weight is 278 g/mol. The van der Waals surface area contributed by atoms with Gasteiger partial charge in [0, 0.05) is 18.5 Å². The molecular weight excluding hydrogens is 266 g/mol. The van der Waals surface area contributed by atoms with Crippen molar-refractivity contribution in [2.24, 2.45) is 0 Å². The molecular formula is C13H12ClN3O2. The number of esters is 1. The second-order valence-electron chi connectivity index (χ2n) is 3.82. The van der Waals surface area contributed by atoms with Gasteiger partial charge in [-0.25, -0.2) is 9.78 Å². The van der Waals surface area contributed by atoms with Gasteiger partial charge in [-0.3, -0.25) is 4.98 Å². The van der Waals surface area contributed by atoms with E-state index in [1.54, 1.807) is 24.8 Å². The van der Waals surface area contributed by atoms with E-state index >= 15 is 0 Å². The van der Waals surface area contributed by atoms with E-state index in [0.717, 1.165) is 5.56 Å². The first kappa shape index (κ1) is 13.3. The Morgan fingerprint density at radius 1 is 1.47 bits per heavy atom. The van der Waals surface area contributed by atoms with Crippen LogP contribution in [0.25, 0.3) is 6.08 Å². The highest BCUT2D eigenvalue weighted by Gasteiger charge is 1.98. The minimum absolute atomic E-state index is 0.404. The van der Waals surface area contributed by atoms with Crippen LogP contribution in [0.4, 0.5) is 0 Å². The van der Waals surface area contributed by atoms with Crippen molar-refractivity contribution in [1.29, 1.82) is 0 Å². The molecule has 0 aliphatic heterocycles. The normalized spacial score (nSPS) is 10.8. The summed E-state index contributed by atoms with van der Waals surface area (Å²) in [6.45, 7) is 0.647. The number of carbonyl (C=O) groups excluding carboxylic acids is 1. The highest BCUT2D eigenvalue weighted by molar-refractivity contribution is 6.29. The Kier molecular flexibility index (Phi) is 4.30. The maximum absolute atomic E-state index is 10.9. The monoisotopic (exact) mass is 277 g/mol. The van der Waals surface area contributed by atoms with Gasteiger partial charge in [-0.1, -0.05) is 17.7 Å². The predicted molar refractivity (Wildman–Crippen MR) is 71.6 cm³/mol. The van der Waals surface area contributed by atoms with Crippen LogP contribution in [-0.4, -0.2) is 27.6 Å². The zero-order chi connectivity index (χ0) is 13.7. The third kappa shape index (κ3) is 3.93. The Bertz CT molecular complexity index is 590. The molecule has 0 aromatic carbocycles. The van der Waals surface area contributed by atoms with E-state index in [1.807, 2.05) is 16.7 Å². The fraction of sp³-hybridized carbons (Fsp3) is 0.154. The third-order valence-electron chi connectivity index (χ3n) is 2.41. The largest absolute Gasteiger partial charge is 0.466 e. The van der Waals surface area contributed by atoms with Crippen LogP contribution in [0.1, 0.15) is 11.3 Å². The molecule has 0 aliphatic rings. The van der Waals surface area contributed by atoms with E-state index in [0.29, 0.717) is 17.4 Å². The minimum atomic E-state index is -0.404. The molecule has 0 amide bonds. The van der Waals surface area contributed by atoms with Gasteiger partial charge < -0.3 is 9.30 Å². The molecule has 0 atom stereocenters. The summed E-state index contributed by atoms with van der Waals surface area (Å²) in [5.74, 6) is -0.404. The number of hydrogen-bond donors (Lipinski definition) is 0. The first-order valence-corrected chi connectivity index (χ1v) is 5.93. The van der Waals surface area contributed by atoms with Crippen LogP contribution in [0.5, 0.6) is 0 Å². The predicted octanol–water partition coefficient (Wildman–Crippen LogP) is 2.17. The molecule has 0 bridgehead atoms. The van der Waals surface area contributed by atoms with Crippen molar-refractivity contribution in [3.8, 4) is 0 Å². The van der Waals surface area contributed by atoms with Gasteiger partial charge in [-0.05, 0) is 17.7 Å². The third-order valence-corrected chi connectivity index (χ3v) is 2.60. The molecule has 0 unspecified atom stereocenters. The Morgan fingerprint density at radius 2 is 2.32 bits per heavy atom. The maximum atomic E-state index is 10.9. The molecule has 2 aromatic rings. The zero-order valence-electron chi connectivity index (χ0n) is 10.3. The molecule has 0 saturated carbocycles. The van der Waals surface area contributed by atoms with E-state index in [1.165, 1.54) is 13.2 Å². The van der Waals surface area contributed by atoms with Crippen LogP contribution < -0.4 is 0 Å². The summed E-state index contributed by atoms with van der Waals surface area (Å²) < 4.78 is 6.37. The summed E-state index contributed by atoms with van der Waals surface area (Å²) >= 11 is 5.74. The van der Waals surface area contributed by atoms with Crippen LogP contribution in [0.2, 0.25) is 5.15 Å². The molecule has 2 aromatic heterocycles. The smallest absolute Gasteiger partial charge is 0.330 e. The summed E-state index contributed by atoms with van der Waals surface area (Å²) in [6.07, 6.45) is 8.08. The topological polar surface area (TPSA) is 57.0 Å². The average Bonchev–Trinajstić information content (AvgIpc) is 2.83. The van der Waals surface area contributed by atoms with E-state index < -0.39 is 5.97 Å². The first-order chi connectivity index (χ1) is 9.17. The lowest BCUT2D eigenvalue weighted by molar-refractivity contribution is -0.134. The number of nitrogens with zero attached hydrogens (tertiary/aromatic N) is 3. The SMILES string of the molecule is COC(=O)/C=C/c1ccc(Cn2cnc(Cl)c2)cn1. The first-order valence-electron chi connectivity index (χ1n) is 5.55. The van der Waals surface area contributed by atoms with Gasteiger partial charge in [0.2, 0.25) is 0 Å². The zero-order valence-corrected chi connectivity index (χ0v) is 11.0. The summed E-state index contributed by atoms with van der Waals surface area (Å²) in [4.78, 5) is 19.1. The van der Waals surface area contributed by atoms with Crippen molar-refractivity contribution in [3.05, 3.63) is 53.3 Å². The molecule has 0 fully saturated rings. The molecule has 0 spiro atoms. The van der Waals surface area contributed by atoms with E-state index in [4.69, 9.17) is 11.6 Å². The number of carbonyl (C=O) groups is 1. The van der Waals surface area contributed by atoms with Crippen LogP contribution in [0.3, 0.4) is 0 Å². The molecule has 2 rings (SSSR count). The number of methoxy groups -OCH3 is 1. The number of ether oxygens (including phenoxy) is 1. The Balaban J connectivity index is 2.02. The molecule has 0 saturated heterocycles. The highest BCUT2D eigenvalue weighted by Crippen LogP contribution is 2.08. The van der Waals surface area contributed by atoms with Crippen LogP contribution in [0, 0.1) is 0 Å². The number of hydrogen-bond acceptors (Lipinski definition) is 4. The number of rotatable bonds is 4. The Labute approximate surface area is 115 Å². The van der Waals surface area contributed by atoms with Crippen LogP contribution >= 0.6 is 11.6 Å². The van der Waals surface area contributed by atoms with Crippen LogP contribution in [0.15, 0.2) is 36.9 Å². The molecule has 0 N–H and O–H groups in total. The quantitative estimate of drug-likeness (QED) is 0.635. The molecule has 0 radical (unpaired) electrons. The van der Waals surface area contributed by atoms with Crippen molar-refractivity contribution in [2.45, 2.75) is 6.54 Å². The van der Waals surface area contributed by atoms with Gasteiger partial charge in [0.25, 0.3) is 0 Å². The maximum Gasteiger partial charge on any atom is 0.330 e. The summed E-state index contributed by atoms with van der Waals surface area (Å²) in [7, 11) is 1.33. The Morgan fingerprint density at radius 3 is 2.89 bits per heavy atom. The summed E-state index contributed by atoms with van der Waals surface area (Å²) in [5.41, 5.74) is 1.71. The fourth-order valence-electron chi connectivity index (χ4n) is 1.48. The van der Waals surface area contributed by atoms with Crippen molar-refractivity contribution in [2.75, 3.05) is 7.11 Å². The van der Waals surface area contributed by atoms with E-state index in [-0.39, 0.29) is 0 Å². The van der Waals surface area contributed by atoms with Crippen LogP contribution in [-0.2, 0) is 16.1 Å². The number of imidazole rings is 1. The van der Waals surface area contributed by atoms with E-state index in [2.05, 4.69) is 14.7 Å². The van der Waals surface area contributed by atoms with Gasteiger partial charge in [0.15, 0.2) is 0 Å². The molecule has 6 heteroatoms. The lowest BCUT2D eigenvalue weighted by atomic mass is 10.2. The van der Waals surface area contributed by atoms with Gasteiger partial charge in [0.05, 0.1) is 25.7 Å². The van der Waals surface area contributed by atoms with Crippen molar-refractivity contribution in [3.63, 3.8) is 0 Å². The second-order valence-corrected chi connectivity index (χ2v) is 4.20. The summed E-state index contributed by atoms with van der Waals surface area (Å²) in [5, 5.41) is 0.464. The molecule has 98 valence electrons. The van der Waals surface area contributed by atoms with Gasteiger partial charge in [0.1, 0.15) is 5.15 Å². The molecule has 0 aliphatic carbocycles. The van der Waals surface area contributed by atoms with Gasteiger partial charge >= 0.3 is 5.97 Å². The van der Waals surface area contributed by atoms with Crippen molar-refractivity contribution < 1.29 is 9.53 Å². The number of halogens is 1. The lowest BCUT2D eigenvalue weighted by Gasteiger charge is -2.02. The van der Waals surface area contributed by atoms with Crippen molar-refractivity contribution >= 4 is 23.6 Å². The minimum Gasteiger partial charge on any atom is -0.466 e. The van der Waals surface area contributed by atoms with Gasteiger partial charge in [-0.2, -0.15) is 0 Å². The molecule has 19 heavy (non-hydrogen) atoms. The Hall–Kier alpha value is -2.14. The highest BCUT2D eigenvalue weighted by atomic mass is 35.5. The number of pyridine rings is 1. The van der Waals surface area contributed by atoms with Crippen molar-refractivity contribution in [1.82, 2.24) is 14.5 Å². The van der Waals surface area contributed by atoms with Gasteiger partial charge in [-0.15, -0.1) is 0 Å². The molecule has 5 nitrogen and oxygen atoms in total. The fourth-order valence-corrected chi connectivity index (χ4v) is 1.65. The lowest BCUT2D eigenvalue weighted by Crippen LogP contribution is -1.97. The molecule has 2 heterocycles. The standard InChI is InChI=1S/C13H12ClN3O2/c1-19-13(18)5-4-11-3-2-10(6-15-11)7-17-8-12(14)16-9-17/h2-6,8-9H,7H2,1H3/b5-4+. The number of aromatic nitrogens is 3. The summed E-state index contributed by atoms with van der Waals surface area (Å²) in [6, 6.07) is 3.76. The van der Waals surface area contributed by atoms with E-state index in [9.17, 15) is 4.79 Å².